The Kier molecular flexibility index (Phi) is 3.99. The number of fused-ring (bicyclic) bond motifs is 1. The molecule has 0 fully saturated rings. The highest BCUT2D eigenvalue weighted by atomic mass is 35.5. The van der Waals surface area contributed by atoms with E-state index >= 15 is 0 Å². The maximum absolute atomic E-state index is 6.08. The van der Waals surface area contributed by atoms with Crippen LogP contribution in [0, 0.1) is 6.92 Å². The highest BCUT2D eigenvalue weighted by Gasteiger charge is 2.18. The number of hydrogen-bond donors (Lipinski definition) is 0. The third-order valence-electron chi connectivity index (χ3n) is 3.54. The van der Waals surface area contributed by atoms with Gasteiger partial charge >= 0.3 is 0 Å². The van der Waals surface area contributed by atoms with Crippen molar-refractivity contribution in [3.05, 3.63) is 27.6 Å². The molecule has 7 heteroatoms. The van der Waals surface area contributed by atoms with Crippen LogP contribution in [-0.4, -0.2) is 24.3 Å². The lowest BCUT2D eigenvalue weighted by atomic mass is 10.4. The Morgan fingerprint density at radius 3 is 2.76 bits per heavy atom. The average Bonchev–Trinajstić information content (AvgIpc) is 3.16. The number of rotatable bonds is 5. The zero-order chi connectivity index (χ0) is 15.0. The second-order valence-electron chi connectivity index (χ2n) is 4.90. The Morgan fingerprint density at radius 2 is 2.14 bits per heavy atom. The standard InChI is InChI=1S/C14H18ClN5S/c1-4-10-7-16-12(21-10)8-19-11(6-15)17-13-9(3)18-20(5-2)14(13)19/h7H,4-6,8H2,1-3H3. The van der Waals surface area contributed by atoms with E-state index in [1.54, 1.807) is 11.3 Å². The van der Waals surface area contributed by atoms with Crippen molar-refractivity contribution in [1.82, 2.24) is 24.3 Å². The maximum atomic E-state index is 6.08. The summed E-state index contributed by atoms with van der Waals surface area (Å²) in [5.74, 6) is 1.27. The Hall–Kier alpha value is -1.40. The molecular formula is C14H18ClN5S. The van der Waals surface area contributed by atoms with Crippen molar-refractivity contribution in [3.8, 4) is 0 Å². The zero-order valence-electron chi connectivity index (χ0n) is 12.4. The van der Waals surface area contributed by atoms with Crippen LogP contribution in [0.15, 0.2) is 6.20 Å². The molecule has 0 atom stereocenters. The van der Waals surface area contributed by atoms with Gasteiger partial charge in [0.15, 0.2) is 5.65 Å². The highest BCUT2D eigenvalue weighted by Crippen LogP contribution is 2.23. The molecule has 112 valence electrons. The van der Waals surface area contributed by atoms with Crippen LogP contribution in [0.2, 0.25) is 0 Å². The van der Waals surface area contributed by atoms with Crippen LogP contribution in [-0.2, 0) is 25.4 Å². The van der Waals surface area contributed by atoms with Crippen LogP contribution < -0.4 is 0 Å². The van der Waals surface area contributed by atoms with Crippen molar-refractivity contribution in [1.29, 1.82) is 0 Å². The van der Waals surface area contributed by atoms with Crippen molar-refractivity contribution in [2.24, 2.45) is 0 Å². The lowest BCUT2D eigenvalue weighted by Crippen LogP contribution is -2.08. The topological polar surface area (TPSA) is 48.5 Å². The van der Waals surface area contributed by atoms with Gasteiger partial charge in [0.1, 0.15) is 16.3 Å². The minimum atomic E-state index is 0.393. The SMILES string of the molecule is CCc1cnc(Cn2c(CCl)nc3c(C)nn(CC)c32)s1. The van der Waals surface area contributed by atoms with Crippen LogP contribution in [0.3, 0.4) is 0 Å². The molecule has 0 bridgehead atoms. The summed E-state index contributed by atoms with van der Waals surface area (Å²) in [5, 5.41) is 5.62. The summed E-state index contributed by atoms with van der Waals surface area (Å²) in [6.45, 7) is 7.74. The largest absolute Gasteiger partial charge is 0.305 e. The molecule has 0 spiro atoms. The Labute approximate surface area is 132 Å². The van der Waals surface area contributed by atoms with Crippen LogP contribution in [0.5, 0.6) is 0 Å². The molecule has 3 heterocycles. The van der Waals surface area contributed by atoms with E-state index in [1.165, 1.54) is 4.88 Å². The fourth-order valence-electron chi connectivity index (χ4n) is 2.48. The van der Waals surface area contributed by atoms with Gasteiger partial charge < -0.3 is 4.57 Å². The first kappa shape index (κ1) is 14.5. The lowest BCUT2D eigenvalue weighted by molar-refractivity contribution is 0.638. The fourth-order valence-corrected chi connectivity index (χ4v) is 3.53. The fraction of sp³-hybridized carbons (Fsp3) is 0.500. The maximum Gasteiger partial charge on any atom is 0.159 e. The van der Waals surface area contributed by atoms with Gasteiger partial charge in [0, 0.05) is 17.6 Å². The zero-order valence-corrected chi connectivity index (χ0v) is 14.0. The van der Waals surface area contributed by atoms with Gasteiger partial charge in [-0.05, 0) is 20.3 Å². The molecule has 5 nitrogen and oxygen atoms in total. The van der Waals surface area contributed by atoms with E-state index in [0.717, 1.165) is 40.7 Å². The minimum absolute atomic E-state index is 0.393. The summed E-state index contributed by atoms with van der Waals surface area (Å²) in [4.78, 5) is 10.5. The molecule has 0 amide bonds. The van der Waals surface area contributed by atoms with Gasteiger partial charge in [-0.2, -0.15) is 5.10 Å². The Balaban J connectivity index is 2.10. The summed E-state index contributed by atoms with van der Waals surface area (Å²) >= 11 is 7.82. The van der Waals surface area contributed by atoms with E-state index in [1.807, 2.05) is 17.8 Å². The van der Waals surface area contributed by atoms with E-state index in [9.17, 15) is 0 Å². The normalized spacial score (nSPS) is 11.6. The second-order valence-corrected chi connectivity index (χ2v) is 6.36. The smallest absolute Gasteiger partial charge is 0.159 e. The van der Waals surface area contributed by atoms with Crippen molar-refractivity contribution in [2.75, 3.05) is 0 Å². The first-order valence-corrected chi connectivity index (χ1v) is 8.45. The Morgan fingerprint density at radius 1 is 1.33 bits per heavy atom. The predicted molar refractivity (Wildman–Crippen MR) is 86.1 cm³/mol. The van der Waals surface area contributed by atoms with Crippen molar-refractivity contribution >= 4 is 34.1 Å². The third kappa shape index (κ3) is 2.46. The highest BCUT2D eigenvalue weighted by molar-refractivity contribution is 7.11. The molecule has 0 saturated heterocycles. The molecule has 0 aliphatic heterocycles. The molecule has 3 aromatic heterocycles. The predicted octanol–water partition coefficient (Wildman–Crippen LogP) is 3.37. The molecule has 21 heavy (non-hydrogen) atoms. The first-order chi connectivity index (χ1) is 10.2. The molecule has 0 aliphatic carbocycles. The van der Waals surface area contributed by atoms with Crippen LogP contribution in [0.25, 0.3) is 11.2 Å². The van der Waals surface area contributed by atoms with Crippen molar-refractivity contribution < 1.29 is 0 Å². The van der Waals surface area contributed by atoms with Gasteiger partial charge in [0.25, 0.3) is 0 Å². The third-order valence-corrected chi connectivity index (χ3v) is 4.91. The van der Waals surface area contributed by atoms with Gasteiger partial charge in [0.2, 0.25) is 0 Å². The number of hydrogen-bond acceptors (Lipinski definition) is 4. The molecular weight excluding hydrogens is 306 g/mol. The van der Waals surface area contributed by atoms with Crippen LogP contribution in [0.4, 0.5) is 0 Å². The van der Waals surface area contributed by atoms with E-state index in [0.29, 0.717) is 12.4 Å². The number of halogens is 1. The molecule has 0 aromatic carbocycles. The van der Waals surface area contributed by atoms with Crippen LogP contribution in [0.1, 0.15) is 35.3 Å². The first-order valence-electron chi connectivity index (χ1n) is 7.09. The second kappa shape index (κ2) is 5.77. The van der Waals surface area contributed by atoms with Crippen molar-refractivity contribution in [3.63, 3.8) is 0 Å². The summed E-state index contributed by atoms with van der Waals surface area (Å²) in [5.41, 5.74) is 2.93. The van der Waals surface area contributed by atoms with E-state index in [-0.39, 0.29) is 0 Å². The molecule has 3 aromatic rings. The minimum Gasteiger partial charge on any atom is -0.305 e. The van der Waals surface area contributed by atoms with Gasteiger partial charge in [-0.1, -0.05) is 6.92 Å². The van der Waals surface area contributed by atoms with E-state index < -0.39 is 0 Å². The summed E-state index contributed by atoms with van der Waals surface area (Å²) in [6.07, 6.45) is 2.97. The molecule has 0 aliphatic rings. The summed E-state index contributed by atoms with van der Waals surface area (Å²) < 4.78 is 4.13. The summed E-state index contributed by atoms with van der Waals surface area (Å²) in [6, 6.07) is 0. The van der Waals surface area contributed by atoms with E-state index in [4.69, 9.17) is 11.6 Å². The molecule has 0 radical (unpaired) electrons. The van der Waals surface area contributed by atoms with Gasteiger partial charge in [-0.15, -0.1) is 22.9 Å². The number of thiazole rings is 1. The average molecular weight is 324 g/mol. The molecule has 0 N–H and O–H groups in total. The van der Waals surface area contributed by atoms with Gasteiger partial charge in [-0.25, -0.2) is 14.6 Å². The van der Waals surface area contributed by atoms with Crippen LogP contribution >= 0.6 is 22.9 Å². The van der Waals surface area contributed by atoms with Gasteiger partial charge in [-0.3, -0.25) is 0 Å². The number of imidazole rings is 1. The monoisotopic (exact) mass is 323 g/mol. The number of aryl methyl sites for hydroxylation is 3. The quantitative estimate of drug-likeness (QED) is 0.676. The lowest BCUT2D eigenvalue weighted by Gasteiger charge is -2.07. The Bertz CT molecular complexity index is 770. The van der Waals surface area contributed by atoms with Gasteiger partial charge in [0.05, 0.1) is 18.1 Å². The number of alkyl halides is 1. The molecule has 0 unspecified atom stereocenters. The van der Waals surface area contributed by atoms with Crippen molar-refractivity contribution in [2.45, 2.75) is 46.2 Å². The number of nitrogens with zero attached hydrogens (tertiary/aromatic N) is 5. The van der Waals surface area contributed by atoms with E-state index in [2.05, 4.69) is 33.5 Å². The number of aromatic nitrogens is 5. The molecule has 0 saturated carbocycles. The summed E-state index contributed by atoms with van der Waals surface area (Å²) in [7, 11) is 0. The molecule has 3 rings (SSSR count).